The van der Waals surface area contributed by atoms with Crippen LogP contribution in [0.25, 0.3) is 0 Å². The van der Waals surface area contributed by atoms with Crippen molar-refractivity contribution in [3.63, 3.8) is 0 Å². The van der Waals surface area contributed by atoms with Crippen LogP contribution in [0, 0.1) is 5.92 Å². The Bertz CT molecular complexity index is 167. The SMILES string of the molecule is CCCCCCCCCCC(CC(C)CC)NCC. The Balaban J connectivity index is 3.47. The van der Waals surface area contributed by atoms with Crippen LogP contribution in [-0.4, -0.2) is 12.6 Å². The summed E-state index contributed by atoms with van der Waals surface area (Å²) in [6.45, 7) is 10.3. The number of nitrogens with one attached hydrogen (secondary N) is 1. The van der Waals surface area contributed by atoms with Crippen molar-refractivity contribution >= 4 is 0 Å². The smallest absolute Gasteiger partial charge is 0.00694 e. The molecule has 0 aromatic heterocycles. The summed E-state index contributed by atoms with van der Waals surface area (Å²) in [4.78, 5) is 0. The molecule has 2 atom stereocenters. The van der Waals surface area contributed by atoms with Crippen LogP contribution in [-0.2, 0) is 0 Å². The fourth-order valence-electron chi connectivity index (χ4n) is 2.77. The van der Waals surface area contributed by atoms with E-state index in [4.69, 9.17) is 0 Å². The predicted octanol–water partition coefficient (Wildman–Crippen LogP) is 5.93. The minimum atomic E-state index is 0.764. The topological polar surface area (TPSA) is 12.0 Å². The lowest BCUT2D eigenvalue weighted by atomic mass is 9.95. The fraction of sp³-hybridized carbons (Fsp3) is 1.00. The second-order valence-electron chi connectivity index (χ2n) is 6.27. The van der Waals surface area contributed by atoms with Gasteiger partial charge in [-0.15, -0.1) is 0 Å². The van der Waals surface area contributed by atoms with E-state index < -0.39 is 0 Å². The Hall–Kier alpha value is -0.0400. The highest BCUT2D eigenvalue weighted by molar-refractivity contribution is 4.69. The van der Waals surface area contributed by atoms with Gasteiger partial charge >= 0.3 is 0 Å². The molecule has 0 aromatic rings. The molecule has 0 aliphatic carbocycles. The molecule has 116 valence electrons. The van der Waals surface area contributed by atoms with Crippen molar-refractivity contribution in [2.45, 2.75) is 104 Å². The monoisotopic (exact) mass is 269 g/mol. The van der Waals surface area contributed by atoms with Gasteiger partial charge in [-0.3, -0.25) is 0 Å². The van der Waals surface area contributed by atoms with Gasteiger partial charge in [0.2, 0.25) is 0 Å². The molecule has 0 radical (unpaired) electrons. The molecule has 0 heterocycles. The van der Waals surface area contributed by atoms with Crippen molar-refractivity contribution in [3.05, 3.63) is 0 Å². The Labute approximate surface area is 122 Å². The van der Waals surface area contributed by atoms with Gasteiger partial charge in [0.1, 0.15) is 0 Å². The zero-order valence-electron chi connectivity index (χ0n) is 14.1. The number of hydrogen-bond donors (Lipinski definition) is 1. The highest BCUT2D eigenvalue weighted by atomic mass is 14.9. The normalized spacial score (nSPS) is 14.5. The molecule has 0 bridgehead atoms. The standard InChI is InChI=1S/C18H39N/c1-5-8-9-10-11-12-13-14-15-18(19-7-3)16-17(4)6-2/h17-19H,5-16H2,1-4H3. The molecule has 0 fully saturated rings. The zero-order chi connectivity index (χ0) is 14.3. The maximum atomic E-state index is 3.67. The van der Waals surface area contributed by atoms with Gasteiger partial charge < -0.3 is 5.32 Å². The molecule has 0 spiro atoms. The summed E-state index contributed by atoms with van der Waals surface area (Å²) in [5, 5.41) is 3.67. The van der Waals surface area contributed by atoms with Crippen LogP contribution in [0.2, 0.25) is 0 Å². The minimum Gasteiger partial charge on any atom is -0.314 e. The van der Waals surface area contributed by atoms with E-state index in [-0.39, 0.29) is 0 Å². The molecule has 0 rings (SSSR count). The van der Waals surface area contributed by atoms with E-state index in [0.29, 0.717) is 0 Å². The van der Waals surface area contributed by atoms with Crippen molar-refractivity contribution < 1.29 is 0 Å². The summed E-state index contributed by atoms with van der Waals surface area (Å²) >= 11 is 0. The summed E-state index contributed by atoms with van der Waals surface area (Å²) in [6, 6.07) is 0.764. The molecule has 0 saturated carbocycles. The minimum absolute atomic E-state index is 0.764. The fourth-order valence-corrected chi connectivity index (χ4v) is 2.77. The van der Waals surface area contributed by atoms with Gasteiger partial charge in [0.25, 0.3) is 0 Å². The van der Waals surface area contributed by atoms with Gasteiger partial charge in [0, 0.05) is 6.04 Å². The van der Waals surface area contributed by atoms with Crippen molar-refractivity contribution in [3.8, 4) is 0 Å². The van der Waals surface area contributed by atoms with Gasteiger partial charge in [-0.25, -0.2) is 0 Å². The Morgan fingerprint density at radius 2 is 1.37 bits per heavy atom. The molecule has 0 aliphatic heterocycles. The Morgan fingerprint density at radius 3 is 1.89 bits per heavy atom. The summed E-state index contributed by atoms with van der Waals surface area (Å²) < 4.78 is 0. The van der Waals surface area contributed by atoms with Crippen LogP contribution in [0.1, 0.15) is 98.3 Å². The third-order valence-corrected chi connectivity index (χ3v) is 4.28. The largest absolute Gasteiger partial charge is 0.314 e. The van der Waals surface area contributed by atoms with Crippen molar-refractivity contribution in [1.82, 2.24) is 5.32 Å². The third kappa shape index (κ3) is 12.7. The van der Waals surface area contributed by atoms with Gasteiger partial charge in [-0.2, -0.15) is 0 Å². The summed E-state index contributed by atoms with van der Waals surface area (Å²) in [5.74, 6) is 0.873. The first-order valence-electron chi connectivity index (χ1n) is 8.97. The lowest BCUT2D eigenvalue weighted by molar-refractivity contribution is 0.371. The first-order valence-corrected chi connectivity index (χ1v) is 8.97. The first kappa shape index (κ1) is 19.0. The van der Waals surface area contributed by atoms with Crippen molar-refractivity contribution in [1.29, 1.82) is 0 Å². The van der Waals surface area contributed by atoms with E-state index in [9.17, 15) is 0 Å². The molecule has 1 N–H and O–H groups in total. The summed E-state index contributed by atoms with van der Waals surface area (Å²) in [6.07, 6.45) is 15.5. The average Bonchev–Trinajstić information content (AvgIpc) is 2.41. The van der Waals surface area contributed by atoms with Gasteiger partial charge in [-0.05, 0) is 25.3 Å². The highest BCUT2D eigenvalue weighted by Crippen LogP contribution is 2.16. The van der Waals surface area contributed by atoms with Crippen LogP contribution in [0.3, 0.4) is 0 Å². The van der Waals surface area contributed by atoms with Crippen LogP contribution in [0.4, 0.5) is 0 Å². The molecule has 0 aromatic carbocycles. The molecular formula is C18H39N. The van der Waals surface area contributed by atoms with Gasteiger partial charge in [0.05, 0.1) is 0 Å². The molecule has 2 unspecified atom stereocenters. The van der Waals surface area contributed by atoms with Crippen LogP contribution in [0.15, 0.2) is 0 Å². The molecular weight excluding hydrogens is 230 g/mol. The molecule has 1 nitrogen and oxygen atoms in total. The quantitative estimate of drug-likeness (QED) is 0.385. The Morgan fingerprint density at radius 1 is 0.789 bits per heavy atom. The van der Waals surface area contributed by atoms with Gasteiger partial charge in [-0.1, -0.05) is 85.5 Å². The van der Waals surface area contributed by atoms with Crippen LogP contribution < -0.4 is 5.32 Å². The molecule has 1 heteroatoms. The zero-order valence-corrected chi connectivity index (χ0v) is 14.1. The summed E-state index contributed by atoms with van der Waals surface area (Å²) in [5.41, 5.74) is 0. The number of unbranched alkanes of at least 4 members (excludes halogenated alkanes) is 7. The van der Waals surface area contributed by atoms with Crippen LogP contribution in [0.5, 0.6) is 0 Å². The second kappa shape index (κ2) is 14.4. The van der Waals surface area contributed by atoms with Crippen LogP contribution >= 0.6 is 0 Å². The summed E-state index contributed by atoms with van der Waals surface area (Å²) in [7, 11) is 0. The van der Waals surface area contributed by atoms with E-state index >= 15 is 0 Å². The average molecular weight is 270 g/mol. The third-order valence-electron chi connectivity index (χ3n) is 4.28. The molecule has 0 saturated heterocycles. The van der Waals surface area contributed by atoms with E-state index in [1.807, 2.05) is 0 Å². The van der Waals surface area contributed by atoms with Crippen molar-refractivity contribution in [2.75, 3.05) is 6.54 Å². The lowest BCUT2D eigenvalue weighted by Gasteiger charge is -2.21. The van der Waals surface area contributed by atoms with E-state index in [2.05, 4.69) is 33.0 Å². The Kier molecular flexibility index (Phi) is 14.3. The van der Waals surface area contributed by atoms with Gasteiger partial charge in [0.15, 0.2) is 0 Å². The maximum Gasteiger partial charge on any atom is 0.00694 e. The maximum absolute atomic E-state index is 3.67. The molecule has 19 heavy (non-hydrogen) atoms. The second-order valence-corrected chi connectivity index (χ2v) is 6.27. The number of hydrogen-bond acceptors (Lipinski definition) is 1. The van der Waals surface area contributed by atoms with E-state index in [1.54, 1.807) is 0 Å². The van der Waals surface area contributed by atoms with E-state index in [1.165, 1.54) is 70.6 Å². The predicted molar refractivity (Wildman–Crippen MR) is 88.8 cm³/mol. The number of rotatable bonds is 14. The lowest BCUT2D eigenvalue weighted by Crippen LogP contribution is -2.30. The molecule has 0 aliphatic rings. The van der Waals surface area contributed by atoms with E-state index in [0.717, 1.165) is 18.5 Å². The van der Waals surface area contributed by atoms with Crippen molar-refractivity contribution in [2.24, 2.45) is 5.92 Å². The highest BCUT2D eigenvalue weighted by Gasteiger charge is 2.10. The molecule has 0 amide bonds. The first-order chi connectivity index (χ1) is 9.24.